The molecule has 0 atom stereocenters. The molecular weight excluding hydrogens is 291 g/mol. The Morgan fingerprint density at radius 3 is 2.42 bits per heavy atom. The van der Waals surface area contributed by atoms with E-state index in [2.05, 4.69) is 5.32 Å². The molecule has 2 rings (SSSR count). The van der Waals surface area contributed by atoms with Gasteiger partial charge in [-0.25, -0.2) is 17.9 Å². The van der Waals surface area contributed by atoms with Gasteiger partial charge in [0.15, 0.2) is 0 Å². The number of anilines is 1. The van der Waals surface area contributed by atoms with Crippen molar-refractivity contribution in [3.8, 4) is 0 Å². The van der Waals surface area contributed by atoms with Crippen LogP contribution in [0.1, 0.15) is 10.4 Å². The van der Waals surface area contributed by atoms with E-state index in [0.29, 0.717) is 5.69 Å². The zero-order valence-corrected chi connectivity index (χ0v) is 11.1. The van der Waals surface area contributed by atoms with E-state index >= 15 is 0 Å². The predicted molar refractivity (Wildman–Crippen MR) is 70.0 cm³/mol. The van der Waals surface area contributed by atoms with Crippen molar-refractivity contribution in [1.29, 1.82) is 0 Å². The highest BCUT2D eigenvalue weighted by atomic mass is 32.2. The standard InChI is InChI=1S/C11H9FN2O3S2/c12-8-1-3-9(4-2-8)14-11(15)7-5-10(18-6-7)19(13,16)17/h1-6H,(H,14,15)(H2,13,16,17). The zero-order valence-electron chi connectivity index (χ0n) is 9.46. The van der Waals surface area contributed by atoms with Crippen LogP contribution in [0.15, 0.2) is 39.9 Å². The van der Waals surface area contributed by atoms with Gasteiger partial charge < -0.3 is 5.32 Å². The number of primary sulfonamides is 1. The summed E-state index contributed by atoms with van der Waals surface area (Å²) in [6.45, 7) is 0. The van der Waals surface area contributed by atoms with E-state index in [1.165, 1.54) is 35.7 Å². The average molecular weight is 300 g/mol. The molecule has 0 bridgehead atoms. The summed E-state index contributed by atoms with van der Waals surface area (Å²) in [6, 6.07) is 6.41. The van der Waals surface area contributed by atoms with E-state index in [1.54, 1.807) is 0 Å². The number of sulfonamides is 1. The summed E-state index contributed by atoms with van der Waals surface area (Å²) in [5, 5.41) is 8.85. The number of hydrogen-bond donors (Lipinski definition) is 2. The first-order chi connectivity index (χ1) is 8.86. The Balaban J connectivity index is 2.16. The number of nitrogens with one attached hydrogen (secondary N) is 1. The van der Waals surface area contributed by atoms with Gasteiger partial charge in [0.1, 0.15) is 10.0 Å². The summed E-state index contributed by atoms with van der Waals surface area (Å²) in [6.07, 6.45) is 0. The summed E-state index contributed by atoms with van der Waals surface area (Å²) < 4.78 is 34.8. The highest BCUT2D eigenvalue weighted by Crippen LogP contribution is 2.20. The molecule has 0 radical (unpaired) electrons. The lowest BCUT2D eigenvalue weighted by molar-refractivity contribution is 0.102. The Kier molecular flexibility index (Phi) is 3.65. The van der Waals surface area contributed by atoms with Crippen LogP contribution in [0.4, 0.5) is 10.1 Å². The molecule has 3 N–H and O–H groups in total. The summed E-state index contributed by atoms with van der Waals surface area (Å²) in [5.74, 6) is -0.900. The number of rotatable bonds is 3. The first-order valence-electron chi connectivity index (χ1n) is 5.04. The third kappa shape index (κ3) is 3.37. The van der Waals surface area contributed by atoms with Gasteiger partial charge in [-0.3, -0.25) is 4.79 Å². The average Bonchev–Trinajstić information content (AvgIpc) is 2.81. The molecule has 1 aromatic heterocycles. The summed E-state index contributed by atoms with van der Waals surface area (Å²) in [5.41, 5.74) is 0.591. The van der Waals surface area contributed by atoms with Crippen molar-refractivity contribution in [2.45, 2.75) is 4.21 Å². The SMILES string of the molecule is NS(=O)(=O)c1cc(C(=O)Nc2ccc(F)cc2)cs1. The molecule has 8 heteroatoms. The fourth-order valence-corrected chi connectivity index (χ4v) is 2.91. The van der Waals surface area contributed by atoms with E-state index < -0.39 is 21.7 Å². The van der Waals surface area contributed by atoms with E-state index in [-0.39, 0.29) is 9.77 Å². The van der Waals surface area contributed by atoms with Gasteiger partial charge in [0.05, 0.1) is 5.56 Å². The minimum Gasteiger partial charge on any atom is -0.322 e. The van der Waals surface area contributed by atoms with Crippen LogP contribution in [-0.4, -0.2) is 14.3 Å². The normalized spacial score (nSPS) is 11.3. The van der Waals surface area contributed by atoms with Gasteiger partial charge in [-0.15, -0.1) is 11.3 Å². The van der Waals surface area contributed by atoms with Gasteiger partial charge in [-0.2, -0.15) is 0 Å². The number of carbonyl (C=O) groups excluding carboxylic acids is 1. The Morgan fingerprint density at radius 1 is 1.26 bits per heavy atom. The molecule has 0 aliphatic rings. The van der Waals surface area contributed by atoms with Gasteiger partial charge in [0.25, 0.3) is 5.91 Å². The molecule has 5 nitrogen and oxygen atoms in total. The lowest BCUT2D eigenvalue weighted by Crippen LogP contribution is -2.12. The van der Waals surface area contributed by atoms with Gasteiger partial charge in [-0.05, 0) is 30.3 Å². The molecule has 0 spiro atoms. The number of carbonyl (C=O) groups is 1. The molecule has 1 aromatic carbocycles. The summed E-state index contributed by atoms with van der Waals surface area (Å²) in [7, 11) is -3.81. The lowest BCUT2D eigenvalue weighted by atomic mass is 10.3. The number of amides is 1. The first kappa shape index (κ1) is 13.7. The number of thiophene rings is 1. The fraction of sp³-hybridized carbons (Fsp3) is 0. The monoisotopic (exact) mass is 300 g/mol. The van der Waals surface area contributed by atoms with Crippen molar-refractivity contribution in [3.05, 3.63) is 47.1 Å². The van der Waals surface area contributed by atoms with E-state index in [4.69, 9.17) is 5.14 Å². The van der Waals surface area contributed by atoms with Crippen LogP contribution in [0.5, 0.6) is 0 Å². The third-order valence-electron chi connectivity index (χ3n) is 2.22. The molecule has 0 aliphatic heterocycles. The van der Waals surface area contributed by atoms with Crippen LogP contribution in [0.25, 0.3) is 0 Å². The number of benzene rings is 1. The predicted octanol–water partition coefficient (Wildman–Crippen LogP) is 1.79. The molecule has 0 unspecified atom stereocenters. The second kappa shape index (κ2) is 5.08. The first-order valence-corrected chi connectivity index (χ1v) is 7.47. The van der Waals surface area contributed by atoms with E-state index in [0.717, 1.165) is 11.3 Å². The molecule has 0 saturated carbocycles. The molecule has 0 saturated heterocycles. The molecule has 100 valence electrons. The van der Waals surface area contributed by atoms with Crippen LogP contribution in [0, 0.1) is 5.82 Å². The summed E-state index contributed by atoms with van der Waals surface area (Å²) in [4.78, 5) is 11.8. The minimum atomic E-state index is -3.81. The van der Waals surface area contributed by atoms with Crippen molar-refractivity contribution in [3.63, 3.8) is 0 Å². The maximum absolute atomic E-state index is 12.7. The smallest absolute Gasteiger partial charge is 0.256 e. The van der Waals surface area contributed by atoms with Gasteiger partial charge >= 0.3 is 0 Å². The molecular formula is C11H9FN2O3S2. The molecule has 1 heterocycles. The van der Waals surface area contributed by atoms with Crippen molar-refractivity contribution in [1.82, 2.24) is 0 Å². The molecule has 2 aromatic rings. The largest absolute Gasteiger partial charge is 0.322 e. The Bertz CT molecular complexity index is 708. The lowest BCUT2D eigenvalue weighted by Gasteiger charge is -2.02. The van der Waals surface area contributed by atoms with Crippen molar-refractivity contribution in [2.75, 3.05) is 5.32 Å². The Morgan fingerprint density at radius 2 is 1.89 bits per heavy atom. The summed E-state index contributed by atoms with van der Waals surface area (Å²) >= 11 is 0.864. The Labute approximate surface area is 112 Å². The maximum Gasteiger partial charge on any atom is 0.256 e. The maximum atomic E-state index is 12.7. The van der Waals surface area contributed by atoms with Crippen molar-refractivity contribution < 1.29 is 17.6 Å². The molecule has 0 fully saturated rings. The third-order valence-corrected chi connectivity index (χ3v) is 4.61. The van der Waals surface area contributed by atoms with Gasteiger partial charge in [0.2, 0.25) is 10.0 Å². The topological polar surface area (TPSA) is 89.3 Å². The van der Waals surface area contributed by atoms with Crippen LogP contribution in [0.3, 0.4) is 0 Å². The number of halogens is 1. The second-order valence-electron chi connectivity index (χ2n) is 3.66. The number of nitrogens with two attached hydrogens (primary N) is 1. The van der Waals surface area contributed by atoms with Crippen LogP contribution >= 0.6 is 11.3 Å². The second-order valence-corrected chi connectivity index (χ2v) is 6.36. The van der Waals surface area contributed by atoms with Crippen LogP contribution in [0.2, 0.25) is 0 Å². The van der Waals surface area contributed by atoms with Crippen LogP contribution < -0.4 is 10.5 Å². The van der Waals surface area contributed by atoms with Crippen LogP contribution in [-0.2, 0) is 10.0 Å². The highest BCUT2D eigenvalue weighted by Gasteiger charge is 2.15. The molecule has 0 aliphatic carbocycles. The van der Waals surface area contributed by atoms with Gasteiger partial charge in [-0.1, -0.05) is 0 Å². The fourth-order valence-electron chi connectivity index (χ4n) is 1.32. The van der Waals surface area contributed by atoms with Crippen molar-refractivity contribution >= 4 is 33.0 Å². The Hall–Kier alpha value is -1.77. The molecule has 1 amide bonds. The minimum absolute atomic E-state index is 0.0863. The quantitative estimate of drug-likeness (QED) is 0.905. The van der Waals surface area contributed by atoms with E-state index in [1.807, 2.05) is 0 Å². The molecule has 19 heavy (non-hydrogen) atoms. The van der Waals surface area contributed by atoms with E-state index in [9.17, 15) is 17.6 Å². The highest BCUT2D eigenvalue weighted by molar-refractivity contribution is 7.91. The zero-order chi connectivity index (χ0) is 14.0. The van der Waals surface area contributed by atoms with Gasteiger partial charge in [0, 0.05) is 11.1 Å². The van der Waals surface area contributed by atoms with Crippen molar-refractivity contribution in [2.24, 2.45) is 5.14 Å². The number of hydrogen-bond acceptors (Lipinski definition) is 4.